The summed E-state index contributed by atoms with van der Waals surface area (Å²) in [5.74, 6) is 0.366. The Morgan fingerprint density at radius 2 is 2.00 bits per heavy atom. The standard InChI is InChI=1S/C13H20N2O/c1-5-10(2)11-8-6-7-9-12(11)13(16)14-15(3)4/h6-10H,5H2,1-4H3,(H,14,16). The molecule has 0 heterocycles. The van der Waals surface area contributed by atoms with Gasteiger partial charge < -0.3 is 0 Å². The van der Waals surface area contributed by atoms with Crippen LogP contribution in [0.15, 0.2) is 24.3 Å². The zero-order valence-electron chi connectivity index (χ0n) is 10.4. The van der Waals surface area contributed by atoms with Crippen LogP contribution in [-0.2, 0) is 0 Å². The molecule has 3 nitrogen and oxygen atoms in total. The second kappa shape index (κ2) is 5.66. The first-order chi connectivity index (χ1) is 7.56. The molecule has 0 radical (unpaired) electrons. The van der Waals surface area contributed by atoms with Gasteiger partial charge in [0.15, 0.2) is 0 Å². The monoisotopic (exact) mass is 220 g/mol. The molecular weight excluding hydrogens is 200 g/mol. The summed E-state index contributed by atoms with van der Waals surface area (Å²) >= 11 is 0. The number of hydrogen-bond donors (Lipinski definition) is 1. The third kappa shape index (κ3) is 3.07. The van der Waals surface area contributed by atoms with Crippen molar-refractivity contribution in [2.24, 2.45) is 0 Å². The molecule has 1 unspecified atom stereocenters. The lowest BCUT2D eigenvalue weighted by atomic mass is 9.93. The Morgan fingerprint density at radius 3 is 2.56 bits per heavy atom. The highest BCUT2D eigenvalue weighted by Crippen LogP contribution is 2.22. The lowest BCUT2D eigenvalue weighted by Gasteiger charge is -2.17. The summed E-state index contributed by atoms with van der Waals surface area (Å²) < 4.78 is 0. The van der Waals surface area contributed by atoms with Gasteiger partial charge in [0.05, 0.1) is 0 Å². The molecule has 0 spiro atoms. The van der Waals surface area contributed by atoms with E-state index in [1.54, 1.807) is 5.01 Å². The summed E-state index contributed by atoms with van der Waals surface area (Å²) in [7, 11) is 3.62. The number of hydrogen-bond acceptors (Lipinski definition) is 2. The third-order valence-corrected chi connectivity index (χ3v) is 2.67. The summed E-state index contributed by atoms with van der Waals surface area (Å²) in [5, 5.41) is 1.66. The molecule has 0 aliphatic rings. The fourth-order valence-electron chi connectivity index (χ4n) is 1.62. The van der Waals surface area contributed by atoms with Gasteiger partial charge >= 0.3 is 0 Å². The largest absolute Gasteiger partial charge is 0.285 e. The van der Waals surface area contributed by atoms with Crippen molar-refractivity contribution in [2.45, 2.75) is 26.2 Å². The molecule has 0 saturated heterocycles. The number of rotatable bonds is 4. The van der Waals surface area contributed by atoms with E-state index >= 15 is 0 Å². The van der Waals surface area contributed by atoms with E-state index in [2.05, 4.69) is 19.3 Å². The minimum absolute atomic E-state index is 0.0408. The Hall–Kier alpha value is -1.35. The van der Waals surface area contributed by atoms with E-state index in [9.17, 15) is 4.79 Å². The Balaban J connectivity index is 2.98. The molecule has 1 aromatic rings. The van der Waals surface area contributed by atoms with Crippen LogP contribution in [-0.4, -0.2) is 25.0 Å². The van der Waals surface area contributed by atoms with Crippen LogP contribution in [0, 0.1) is 0 Å². The van der Waals surface area contributed by atoms with Gasteiger partial charge in [-0.3, -0.25) is 10.2 Å². The van der Waals surface area contributed by atoms with Gasteiger partial charge in [-0.2, -0.15) is 0 Å². The normalized spacial score (nSPS) is 12.6. The SMILES string of the molecule is CCC(C)c1ccccc1C(=O)NN(C)C. The van der Waals surface area contributed by atoms with Crippen molar-refractivity contribution in [3.63, 3.8) is 0 Å². The second-order valence-electron chi connectivity index (χ2n) is 4.23. The number of amides is 1. The van der Waals surface area contributed by atoms with Crippen molar-refractivity contribution in [1.29, 1.82) is 0 Å². The van der Waals surface area contributed by atoms with E-state index in [-0.39, 0.29) is 5.91 Å². The van der Waals surface area contributed by atoms with Gasteiger partial charge in [0.2, 0.25) is 0 Å². The molecular formula is C13H20N2O. The molecule has 1 atom stereocenters. The molecule has 3 heteroatoms. The molecule has 1 rings (SSSR count). The lowest BCUT2D eigenvalue weighted by molar-refractivity contribution is 0.0855. The maximum Gasteiger partial charge on any atom is 0.265 e. The van der Waals surface area contributed by atoms with Crippen LogP contribution in [0.25, 0.3) is 0 Å². The van der Waals surface area contributed by atoms with E-state index in [0.717, 1.165) is 17.5 Å². The Labute approximate surface area is 97.4 Å². The zero-order chi connectivity index (χ0) is 12.1. The first-order valence-corrected chi connectivity index (χ1v) is 5.63. The summed E-state index contributed by atoms with van der Waals surface area (Å²) in [6, 6.07) is 7.78. The first-order valence-electron chi connectivity index (χ1n) is 5.63. The fraction of sp³-hybridized carbons (Fsp3) is 0.462. The quantitative estimate of drug-likeness (QED) is 0.790. The predicted molar refractivity (Wildman–Crippen MR) is 66.3 cm³/mol. The van der Waals surface area contributed by atoms with Gasteiger partial charge in [-0.1, -0.05) is 32.0 Å². The zero-order valence-corrected chi connectivity index (χ0v) is 10.4. The van der Waals surface area contributed by atoms with E-state index in [1.807, 2.05) is 38.4 Å². The Kier molecular flexibility index (Phi) is 4.50. The maximum absolute atomic E-state index is 11.9. The van der Waals surface area contributed by atoms with Gasteiger partial charge in [0, 0.05) is 19.7 Å². The van der Waals surface area contributed by atoms with Gasteiger partial charge in [0.1, 0.15) is 0 Å². The minimum Gasteiger partial charge on any atom is -0.285 e. The number of nitrogens with zero attached hydrogens (tertiary/aromatic N) is 1. The van der Waals surface area contributed by atoms with E-state index in [4.69, 9.17) is 0 Å². The highest BCUT2D eigenvalue weighted by Gasteiger charge is 2.14. The molecule has 1 N–H and O–H groups in total. The average Bonchev–Trinajstić information content (AvgIpc) is 2.27. The van der Waals surface area contributed by atoms with Gasteiger partial charge in [-0.25, -0.2) is 5.01 Å². The average molecular weight is 220 g/mol. The van der Waals surface area contributed by atoms with E-state index in [0.29, 0.717) is 5.92 Å². The van der Waals surface area contributed by atoms with Crippen LogP contribution in [0.1, 0.15) is 42.1 Å². The molecule has 0 saturated carbocycles. The summed E-state index contributed by atoms with van der Waals surface area (Å²) in [6.45, 7) is 4.27. The van der Waals surface area contributed by atoms with E-state index in [1.165, 1.54) is 0 Å². The van der Waals surface area contributed by atoms with Crippen LogP contribution in [0.5, 0.6) is 0 Å². The van der Waals surface area contributed by atoms with Gasteiger partial charge in [0.25, 0.3) is 5.91 Å². The number of nitrogens with one attached hydrogen (secondary N) is 1. The molecule has 1 amide bonds. The molecule has 0 aliphatic heterocycles. The van der Waals surface area contributed by atoms with Crippen molar-refractivity contribution in [3.8, 4) is 0 Å². The summed E-state index contributed by atoms with van der Waals surface area (Å²) in [5.41, 5.74) is 4.66. The minimum atomic E-state index is -0.0408. The number of hydrazine groups is 1. The van der Waals surface area contributed by atoms with Crippen molar-refractivity contribution < 1.29 is 4.79 Å². The van der Waals surface area contributed by atoms with Crippen molar-refractivity contribution in [3.05, 3.63) is 35.4 Å². The number of carbonyl (C=O) groups is 1. The Bertz CT molecular complexity index is 361. The topological polar surface area (TPSA) is 32.3 Å². The van der Waals surface area contributed by atoms with Crippen LogP contribution < -0.4 is 5.43 Å². The highest BCUT2D eigenvalue weighted by atomic mass is 16.2. The summed E-state index contributed by atoms with van der Waals surface area (Å²) in [6.07, 6.45) is 1.03. The van der Waals surface area contributed by atoms with Crippen molar-refractivity contribution >= 4 is 5.91 Å². The molecule has 0 bridgehead atoms. The van der Waals surface area contributed by atoms with Crippen LogP contribution in [0.4, 0.5) is 0 Å². The molecule has 16 heavy (non-hydrogen) atoms. The van der Waals surface area contributed by atoms with Crippen LogP contribution >= 0.6 is 0 Å². The fourth-order valence-corrected chi connectivity index (χ4v) is 1.62. The highest BCUT2D eigenvalue weighted by molar-refractivity contribution is 5.95. The molecule has 88 valence electrons. The smallest absolute Gasteiger partial charge is 0.265 e. The molecule has 1 aromatic carbocycles. The molecule has 0 fully saturated rings. The molecule has 0 aliphatic carbocycles. The molecule has 0 aromatic heterocycles. The van der Waals surface area contributed by atoms with Gasteiger partial charge in [-0.05, 0) is 24.0 Å². The van der Waals surface area contributed by atoms with Crippen LogP contribution in [0.3, 0.4) is 0 Å². The van der Waals surface area contributed by atoms with Crippen molar-refractivity contribution in [2.75, 3.05) is 14.1 Å². The van der Waals surface area contributed by atoms with E-state index < -0.39 is 0 Å². The summed E-state index contributed by atoms with van der Waals surface area (Å²) in [4.78, 5) is 11.9. The van der Waals surface area contributed by atoms with Gasteiger partial charge in [-0.15, -0.1) is 0 Å². The Morgan fingerprint density at radius 1 is 1.38 bits per heavy atom. The lowest BCUT2D eigenvalue weighted by Crippen LogP contribution is -2.36. The maximum atomic E-state index is 11.9. The number of benzene rings is 1. The van der Waals surface area contributed by atoms with Crippen molar-refractivity contribution in [1.82, 2.24) is 10.4 Å². The second-order valence-corrected chi connectivity index (χ2v) is 4.23. The van der Waals surface area contributed by atoms with Crippen LogP contribution in [0.2, 0.25) is 0 Å². The number of carbonyl (C=O) groups excluding carboxylic acids is 1. The third-order valence-electron chi connectivity index (χ3n) is 2.67. The first kappa shape index (κ1) is 12.7. The predicted octanol–water partition coefficient (Wildman–Crippen LogP) is 2.41.